The molecule has 0 aromatic heterocycles. The van der Waals surface area contributed by atoms with E-state index in [2.05, 4.69) is 63.7 Å². The second kappa shape index (κ2) is 4.97. The Labute approximate surface area is 127 Å². The van der Waals surface area contributed by atoms with Gasteiger partial charge in [0.05, 0.1) is 21.9 Å². The van der Waals surface area contributed by atoms with E-state index in [1.165, 1.54) is 0 Å². The quantitative estimate of drug-likeness (QED) is 0.556. The van der Waals surface area contributed by atoms with Crippen molar-refractivity contribution >= 4 is 63.7 Å². The van der Waals surface area contributed by atoms with E-state index in [-0.39, 0.29) is 9.65 Å². The summed E-state index contributed by atoms with van der Waals surface area (Å²) in [6.07, 6.45) is -1.32. The smallest absolute Gasteiger partial charge is 0.0941 e. The lowest BCUT2D eigenvalue weighted by molar-refractivity contribution is 0.105. The van der Waals surface area contributed by atoms with Crippen LogP contribution in [0.1, 0.15) is 23.3 Å². The van der Waals surface area contributed by atoms with Crippen molar-refractivity contribution in [2.75, 3.05) is 0 Å². The van der Waals surface area contributed by atoms with Crippen LogP contribution in [0.15, 0.2) is 21.1 Å². The molecule has 0 amide bonds. The van der Waals surface area contributed by atoms with Crippen LogP contribution in [0.25, 0.3) is 0 Å². The van der Waals surface area contributed by atoms with Gasteiger partial charge in [-0.2, -0.15) is 0 Å². The third-order valence-corrected chi connectivity index (χ3v) is 6.91. The molecule has 6 heteroatoms. The van der Waals surface area contributed by atoms with Gasteiger partial charge in [0, 0.05) is 20.1 Å². The Morgan fingerprint density at radius 3 is 1.44 bits per heavy atom. The van der Waals surface area contributed by atoms with E-state index in [0.29, 0.717) is 0 Å². The molecule has 0 spiro atoms. The SMILES string of the molecule is O[C@H]1c2c(Br)ccc(Br)c2[C@H](O)[C@@H](Br)[C@@H]1Br. The van der Waals surface area contributed by atoms with E-state index < -0.39 is 12.2 Å². The van der Waals surface area contributed by atoms with E-state index >= 15 is 0 Å². The molecule has 1 aliphatic carbocycles. The molecule has 1 aromatic carbocycles. The fourth-order valence-corrected chi connectivity index (χ4v) is 4.12. The zero-order valence-corrected chi connectivity index (χ0v) is 14.2. The van der Waals surface area contributed by atoms with Gasteiger partial charge in [0.25, 0.3) is 0 Å². The summed E-state index contributed by atoms with van der Waals surface area (Å²) in [6.45, 7) is 0. The highest BCUT2D eigenvalue weighted by atomic mass is 79.9. The Balaban J connectivity index is 2.67. The number of fused-ring (bicyclic) bond motifs is 1. The molecule has 0 aliphatic heterocycles. The van der Waals surface area contributed by atoms with Crippen LogP contribution in [-0.4, -0.2) is 19.9 Å². The number of rotatable bonds is 0. The number of halogens is 4. The van der Waals surface area contributed by atoms with E-state index in [4.69, 9.17) is 0 Å². The van der Waals surface area contributed by atoms with Gasteiger partial charge in [-0.3, -0.25) is 0 Å². The van der Waals surface area contributed by atoms with Crippen molar-refractivity contribution in [3.8, 4) is 0 Å². The van der Waals surface area contributed by atoms with Crippen LogP contribution in [-0.2, 0) is 0 Å². The molecule has 4 atom stereocenters. The number of hydrogen-bond donors (Lipinski definition) is 2. The molecule has 0 fully saturated rings. The molecule has 2 rings (SSSR count). The highest BCUT2D eigenvalue weighted by Gasteiger charge is 2.40. The molecule has 0 unspecified atom stereocenters. The standard InChI is InChI=1S/C10H8Br4O2/c11-3-1-2-4(12)6-5(3)9(15)7(13)8(14)10(6)16/h1-2,7-10,15-16H/t7-,8-,9-,10-/m0/s1. The largest absolute Gasteiger partial charge is 0.387 e. The first-order valence-electron chi connectivity index (χ1n) is 4.57. The molecular weight excluding hydrogens is 472 g/mol. The maximum absolute atomic E-state index is 10.2. The van der Waals surface area contributed by atoms with Crippen LogP contribution in [0.2, 0.25) is 0 Å². The van der Waals surface area contributed by atoms with Gasteiger partial charge in [-0.15, -0.1) is 0 Å². The fraction of sp³-hybridized carbons (Fsp3) is 0.400. The fourth-order valence-electron chi connectivity index (χ4n) is 1.85. The lowest BCUT2D eigenvalue weighted by Gasteiger charge is -2.35. The van der Waals surface area contributed by atoms with Crippen LogP contribution in [0.3, 0.4) is 0 Å². The Hall–Kier alpha value is 1.06. The topological polar surface area (TPSA) is 40.5 Å². The Morgan fingerprint density at radius 2 is 1.12 bits per heavy atom. The number of hydrogen-bond acceptors (Lipinski definition) is 2. The zero-order valence-electron chi connectivity index (χ0n) is 7.87. The molecule has 0 saturated heterocycles. The predicted octanol–water partition coefficient (Wildman–Crippen LogP) is 3.82. The van der Waals surface area contributed by atoms with Crippen molar-refractivity contribution in [2.45, 2.75) is 21.9 Å². The van der Waals surface area contributed by atoms with E-state index in [0.717, 1.165) is 20.1 Å². The molecule has 0 radical (unpaired) electrons. The second-order valence-electron chi connectivity index (χ2n) is 3.64. The first-order chi connectivity index (χ1) is 7.45. The maximum Gasteiger partial charge on any atom is 0.0941 e. The van der Waals surface area contributed by atoms with E-state index in [1.807, 2.05) is 12.1 Å². The average Bonchev–Trinajstić information content (AvgIpc) is 2.26. The third-order valence-electron chi connectivity index (χ3n) is 2.68. The normalized spacial score (nSPS) is 33.6. The minimum atomic E-state index is -0.658. The summed E-state index contributed by atoms with van der Waals surface area (Å²) in [5, 5.41) is 20.4. The monoisotopic (exact) mass is 476 g/mol. The van der Waals surface area contributed by atoms with Gasteiger partial charge in [0.2, 0.25) is 0 Å². The molecule has 16 heavy (non-hydrogen) atoms. The number of aliphatic hydroxyl groups is 2. The molecule has 1 aromatic rings. The summed E-state index contributed by atoms with van der Waals surface area (Å²) in [7, 11) is 0. The highest BCUT2D eigenvalue weighted by Crippen LogP contribution is 2.48. The van der Waals surface area contributed by atoms with Gasteiger partial charge in [-0.05, 0) is 12.1 Å². The molecule has 88 valence electrons. The molecule has 1 aliphatic rings. The molecule has 0 bridgehead atoms. The van der Waals surface area contributed by atoms with Gasteiger partial charge in [0.15, 0.2) is 0 Å². The molecule has 0 saturated carbocycles. The summed E-state index contributed by atoms with van der Waals surface area (Å²) in [6, 6.07) is 3.71. The van der Waals surface area contributed by atoms with Crippen molar-refractivity contribution in [3.63, 3.8) is 0 Å². The first-order valence-corrected chi connectivity index (χ1v) is 7.99. The van der Waals surface area contributed by atoms with Crippen molar-refractivity contribution in [1.29, 1.82) is 0 Å². The minimum absolute atomic E-state index is 0.222. The van der Waals surface area contributed by atoms with Gasteiger partial charge < -0.3 is 10.2 Å². The summed E-state index contributed by atoms with van der Waals surface area (Å²) < 4.78 is 1.61. The summed E-state index contributed by atoms with van der Waals surface area (Å²) in [5.41, 5.74) is 1.47. The Kier molecular flexibility index (Phi) is 4.19. The van der Waals surface area contributed by atoms with Crippen LogP contribution in [0.5, 0.6) is 0 Å². The predicted molar refractivity (Wildman–Crippen MR) is 77.2 cm³/mol. The van der Waals surface area contributed by atoms with E-state index in [1.54, 1.807) is 0 Å². The van der Waals surface area contributed by atoms with Gasteiger partial charge in [0.1, 0.15) is 0 Å². The number of alkyl halides is 2. The summed E-state index contributed by atoms with van der Waals surface area (Å²) >= 11 is 13.6. The van der Waals surface area contributed by atoms with Crippen LogP contribution in [0, 0.1) is 0 Å². The first kappa shape index (κ1) is 13.5. The number of benzene rings is 1. The summed E-state index contributed by atoms with van der Waals surface area (Å²) in [4.78, 5) is -0.443. The van der Waals surface area contributed by atoms with Crippen molar-refractivity contribution in [2.24, 2.45) is 0 Å². The maximum atomic E-state index is 10.2. The van der Waals surface area contributed by atoms with E-state index in [9.17, 15) is 10.2 Å². The van der Waals surface area contributed by atoms with Crippen LogP contribution < -0.4 is 0 Å². The van der Waals surface area contributed by atoms with Gasteiger partial charge in [-0.1, -0.05) is 63.7 Å². The third kappa shape index (κ3) is 2.06. The summed E-state index contributed by atoms with van der Waals surface area (Å²) in [5.74, 6) is 0. The minimum Gasteiger partial charge on any atom is -0.387 e. The Morgan fingerprint density at radius 1 is 0.812 bits per heavy atom. The number of aliphatic hydroxyl groups excluding tert-OH is 2. The average molecular weight is 480 g/mol. The second-order valence-corrected chi connectivity index (χ2v) is 7.46. The highest BCUT2D eigenvalue weighted by molar-refractivity contribution is 9.12. The zero-order chi connectivity index (χ0) is 12.0. The molecule has 2 nitrogen and oxygen atoms in total. The van der Waals surface area contributed by atoms with Crippen molar-refractivity contribution in [1.82, 2.24) is 0 Å². The van der Waals surface area contributed by atoms with Gasteiger partial charge >= 0.3 is 0 Å². The Bertz CT molecular complexity index is 385. The van der Waals surface area contributed by atoms with Crippen molar-refractivity contribution < 1.29 is 10.2 Å². The lowest BCUT2D eigenvalue weighted by atomic mass is 9.87. The van der Waals surface area contributed by atoms with Crippen LogP contribution >= 0.6 is 63.7 Å². The molecule has 2 N–H and O–H groups in total. The van der Waals surface area contributed by atoms with Crippen molar-refractivity contribution in [3.05, 3.63) is 32.2 Å². The van der Waals surface area contributed by atoms with Crippen LogP contribution in [0.4, 0.5) is 0 Å². The lowest BCUT2D eigenvalue weighted by Crippen LogP contribution is -2.34. The van der Waals surface area contributed by atoms with Gasteiger partial charge in [-0.25, -0.2) is 0 Å². The molecule has 0 heterocycles. The molecular formula is C10H8Br4O2.